The molecule has 0 bridgehead atoms. The molecule has 0 radical (unpaired) electrons. The van der Waals surface area contributed by atoms with Crippen LogP contribution >= 0.6 is 15.9 Å². The Morgan fingerprint density at radius 3 is 2.69 bits per heavy atom. The number of hydrogen-bond donors (Lipinski definition) is 1. The van der Waals surface area contributed by atoms with Crippen LogP contribution in [-0.2, 0) is 4.79 Å². The van der Waals surface area contributed by atoms with Crippen molar-refractivity contribution in [2.75, 3.05) is 38.6 Å². The number of likely N-dealkylation sites (N-methyl/N-ethyl adjacent to an activating group) is 1. The molecule has 1 heterocycles. The molecule has 4 nitrogen and oxygen atoms in total. The summed E-state index contributed by atoms with van der Waals surface area (Å²) in [5, 5.41) is 3.17. The normalized spacial score (nSPS) is 18.2. The second-order valence-electron chi connectivity index (χ2n) is 7.10. The van der Waals surface area contributed by atoms with Crippen LogP contribution in [0.25, 0.3) is 0 Å². The van der Waals surface area contributed by atoms with Crippen LogP contribution in [0, 0.1) is 5.92 Å². The lowest BCUT2D eigenvalue weighted by atomic mass is 10.0. The molecule has 2 aromatic rings. The maximum atomic E-state index is 12.8. The van der Waals surface area contributed by atoms with Crippen LogP contribution in [0.3, 0.4) is 0 Å². The van der Waals surface area contributed by atoms with Gasteiger partial charge in [-0.2, -0.15) is 0 Å². The predicted molar refractivity (Wildman–Crippen MR) is 110 cm³/mol. The highest BCUT2D eigenvalue weighted by molar-refractivity contribution is 9.10. The first-order valence-corrected chi connectivity index (χ1v) is 9.83. The van der Waals surface area contributed by atoms with Crippen molar-refractivity contribution in [1.82, 2.24) is 10.2 Å². The Balaban J connectivity index is 1.56. The van der Waals surface area contributed by atoms with Gasteiger partial charge in [-0.25, -0.2) is 0 Å². The fourth-order valence-corrected chi connectivity index (χ4v) is 3.95. The van der Waals surface area contributed by atoms with Crippen molar-refractivity contribution in [3.63, 3.8) is 0 Å². The van der Waals surface area contributed by atoms with E-state index in [9.17, 15) is 4.79 Å². The summed E-state index contributed by atoms with van der Waals surface area (Å²) in [6, 6.07) is 18.1. The van der Waals surface area contributed by atoms with Gasteiger partial charge in [-0.3, -0.25) is 9.69 Å². The molecular weight excluding hydrogens is 390 g/mol. The topological polar surface area (TPSA) is 35.6 Å². The van der Waals surface area contributed by atoms with Crippen molar-refractivity contribution in [3.05, 3.63) is 64.6 Å². The molecule has 2 aromatic carbocycles. The number of nitrogens with one attached hydrogen (secondary N) is 1. The molecule has 1 saturated heterocycles. The molecular formula is C21H26BrN3O. The minimum absolute atomic E-state index is 0.0714. The van der Waals surface area contributed by atoms with Crippen LogP contribution in [0.15, 0.2) is 59.1 Å². The van der Waals surface area contributed by atoms with Gasteiger partial charge < -0.3 is 10.2 Å². The molecule has 0 spiro atoms. The summed E-state index contributed by atoms with van der Waals surface area (Å²) in [4.78, 5) is 17.1. The van der Waals surface area contributed by atoms with E-state index in [2.05, 4.69) is 44.3 Å². The molecule has 3 rings (SSSR count). The first-order valence-electron chi connectivity index (χ1n) is 9.04. The minimum atomic E-state index is -0.251. The number of rotatable bonds is 6. The van der Waals surface area contributed by atoms with Gasteiger partial charge >= 0.3 is 0 Å². The zero-order valence-electron chi connectivity index (χ0n) is 15.4. The second-order valence-corrected chi connectivity index (χ2v) is 8.02. The van der Waals surface area contributed by atoms with E-state index >= 15 is 0 Å². The Bertz CT molecular complexity index is 735. The van der Waals surface area contributed by atoms with E-state index in [1.807, 2.05) is 55.4 Å². The second kappa shape index (κ2) is 8.69. The molecule has 0 aromatic heterocycles. The molecule has 1 fully saturated rings. The number of hydrogen-bond acceptors (Lipinski definition) is 3. The summed E-state index contributed by atoms with van der Waals surface area (Å²) in [6.07, 6.45) is 1.10. The van der Waals surface area contributed by atoms with E-state index in [1.54, 1.807) is 0 Å². The Kier molecular flexibility index (Phi) is 6.33. The lowest BCUT2D eigenvalue weighted by molar-refractivity contribution is -0.125. The number of halogens is 1. The van der Waals surface area contributed by atoms with Crippen molar-refractivity contribution >= 4 is 27.5 Å². The van der Waals surface area contributed by atoms with Gasteiger partial charge in [0.1, 0.15) is 6.04 Å². The monoisotopic (exact) mass is 415 g/mol. The fourth-order valence-electron chi connectivity index (χ4n) is 3.57. The smallest absolute Gasteiger partial charge is 0.241 e. The molecule has 1 amide bonds. The summed E-state index contributed by atoms with van der Waals surface area (Å²) in [6.45, 7) is 2.74. The fraction of sp³-hybridized carbons (Fsp3) is 0.381. The average Bonchev–Trinajstić information content (AvgIpc) is 3.10. The Hall–Kier alpha value is -1.85. The molecule has 5 heteroatoms. The highest BCUT2D eigenvalue weighted by Crippen LogP contribution is 2.26. The summed E-state index contributed by atoms with van der Waals surface area (Å²) in [5.41, 5.74) is 2.26. The number of benzene rings is 2. The van der Waals surface area contributed by atoms with E-state index in [0.717, 1.165) is 36.1 Å². The van der Waals surface area contributed by atoms with E-state index in [1.165, 1.54) is 5.69 Å². The van der Waals surface area contributed by atoms with Crippen LogP contribution in [0.1, 0.15) is 18.0 Å². The third kappa shape index (κ3) is 4.65. The number of amides is 1. The zero-order chi connectivity index (χ0) is 18.5. The Labute approximate surface area is 164 Å². The molecule has 1 N–H and O–H groups in total. The van der Waals surface area contributed by atoms with E-state index in [0.29, 0.717) is 5.92 Å². The van der Waals surface area contributed by atoms with Gasteiger partial charge in [0, 0.05) is 29.8 Å². The molecule has 0 unspecified atom stereocenters. The maximum Gasteiger partial charge on any atom is 0.241 e. The van der Waals surface area contributed by atoms with Gasteiger partial charge in [0.15, 0.2) is 0 Å². The number of carbonyl (C=O) groups excluding carboxylic acids is 1. The number of nitrogens with zero attached hydrogens (tertiary/aromatic N) is 2. The standard InChI is InChI=1S/C21H26BrN3O/c1-24(2)20(17-7-4-3-5-8-17)21(26)23-14-16-11-12-25(15-16)19-10-6-9-18(22)13-19/h3-10,13,16,20H,11-12,14-15H2,1-2H3,(H,23,26)/t16-,20-/m0/s1. The van der Waals surface area contributed by atoms with Crippen molar-refractivity contribution in [2.24, 2.45) is 5.92 Å². The van der Waals surface area contributed by atoms with E-state index in [-0.39, 0.29) is 11.9 Å². The van der Waals surface area contributed by atoms with Crippen molar-refractivity contribution in [1.29, 1.82) is 0 Å². The largest absolute Gasteiger partial charge is 0.371 e. The molecule has 26 heavy (non-hydrogen) atoms. The summed E-state index contributed by atoms with van der Waals surface area (Å²) in [7, 11) is 3.89. The van der Waals surface area contributed by atoms with Crippen LogP contribution < -0.4 is 10.2 Å². The van der Waals surface area contributed by atoms with Crippen molar-refractivity contribution in [2.45, 2.75) is 12.5 Å². The SMILES string of the molecule is CN(C)[C@H](C(=O)NC[C@@H]1CCN(c2cccc(Br)c2)C1)c1ccccc1. The van der Waals surface area contributed by atoms with Crippen LogP contribution in [-0.4, -0.2) is 44.5 Å². The van der Waals surface area contributed by atoms with Crippen molar-refractivity contribution < 1.29 is 4.79 Å². The van der Waals surface area contributed by atoms with E-state index < -0.39 is 0 Å². The molecule has 1 aliphatic heterocycles. The number of anilines is 1. The Morgan fingerprint density at radius 1 is 1.23 bits per heavy atom. The van der Waals surface area contributed by atoms with Gasteiger partial charge in [-0.15, -0.1) is 0 Å². The molecule has 138 valence electrons. The average molecular weight is 416 g/mol. The first kappa shape index (κ1) is 18.9. The summed E-state index contributed by atoms with van der Waals surface area (Å²) in [5.74, 6) is 0.554. The summed E-state index contributed by atoms with van der Waals surface area (Å²) >= 11 is 3.54. The highest BCUT2D eigenvalue weighted by Gasteiger charge is 2.26. The molecule has 0 saturated carbocycles. The first-order chi connectivity index (χ1) is 12.5. The van der Waals surface area contributed by atoms with Gasteiger partial charge in [-0.1, -0.05) is 52.3 Å². The molecule has 2 atom stereocenters. The Morgan fingerprint density at radius 2 is 2.00 bits per heavy atom. The van der Waals surface area contributed by atoms with Gasteiger partial charge in [0.25, 0.3) is 0 Å². The lowest BCUT2D eigenvalue weighted by Gasteiger charge is -2.25. The third-order valence-electron chi connectivity index (χ3n) is 4.90. The van der Waals surface area contributed by atoms with Gasteiger partial charge in [0.2, 0.25) is 5.91 Å². The zero-order valence-corrected chi connectivity index (χ0v) is 16.9. The molecule has 1 aliphatic rings. The number of carbonyl (C=O) groups is 1. The van der Waals surface area contributed by atoms with Crippen molar-refractivity contribution in [3.8, 4) is 0 Å². The van der Waals surface area contributed by atoms with Gasteiger partial charge in [-0.05, 0) is 50.2 Å². The quantitative estimate of drug-likeness (QED) is 0.780. The van der Waals surface area contributed by atoms with Gasteiger partial charge in [0.05, 0.1) is 0 Å². The van der Waals surface area contributed by atoms with Crippen LogP contribution in [0.2, 0.25) is 0 Å². The summed E-state index contributed by atoms with van der Waals surface area (Å²) < 4.78 is 1.10. The predicted octanol–water partition coefficient (Wildman–Crippen LogP) is 3.69. The maximum absolute atomic E-state index is 12.8. The lowest BCUT2D eigenvalue weighted by Crippen LogP contribution is -2.39. The molecule has 0 aliphatic carbocycles. The highest BCUT2D eigenvalue weighted by atomic mass is 79.9. The van der Waals surface area contributed by atoms with E-state index in [4.69, 9.17) is 0 Å². The third-order valence-corrected chi connectivity index (χ3v) is 5.40. The minimum Gasteiger partial charge on any atom is -0.371 e. The van der Waals surface area contributed by atoms with Crippen LogP contribution in [0.4, 0.5) is 5.69 Å². The van der Waals surface area contributed by atoms with Crippen LogP contribution in [0.5, 0.6) is 0 Å².